The Labute approximate surface area is 101 Å². The number of rotatable bonds is 2. The molecule has 0 aromatic carbocycles. The highest BCUT2D eigenvalue weighted by Gasteiger charge is 2.28. The molecule has 2 nitrogen and oxygen atoms in total. The van der Waals surface area contributed by atoms with Crippen molar-refractivity contribution in [2.75, 3.05) is 33.2 Å². The van der Waals surface area contributed by atoms with E-state index in [4.69, 9.17) is 0 Å². The third-order valence-electron chi connectivity index (χ3n) is 4.74. The van der Waals surface area contributed by atoms with Crippen LogP contribution < -0.4 is 0 Å². The first-order valence-corrected chi connectivity index (χ1v) is 7.09. The highest BCUT2D eigenvalue weighted by molar-refractivity contribution is 4.83. The van der Waals surface area contributed by atoms with Crippen LogP contribution >= 0.6 is 0 Å². The molecule has 0 amide bonds. The lowest BCUT2D eigenvalue weighted by molar-refractivity contribution is 0.0752. The molecule has 1 saturated carbocycles. The minimum atomic E-state index is 0.897. The van der Waals surface area contributed by atoms with E-state index in [0.717, 1.165) is 17.9 Å². The van der Waals surface area contributed by atoms with Crippen LogP contribution in [0.4, 0.5) is 0 Å². The van der Waals surface area contributed by atoms with Crippen LogP contribution in [0, 0.1) is 11.8 Å². The number of likely N-dealkylation sites (N-methyl/N-ethyl adjacent to an activating group) is 1. The fraction of sp³-hybridized carbons (Fsp3) is 1.00. The summed E-state index contributed by atoms with van der Waals surface area (Å²) in [6.45, 7) is 9.91. The average molecular weight is 224 g/mol. The van der Waals surface area contributed by atoms with E-state index in [-0.39, 0.29) is 0 Å². The van der Waals surface area contributed by atoms with Crippen LogP contribution in [0.1, 0.15) is 39.5 Å². The summed E-state index contributed by atoms with van der Waals surface area (Å²) in [5, 5.41) is 0. The maximum absolute atomic E-state index is 2.75. The van der Waals surface area contributed by atoms with Gasteiger partial charge in [-0.2, -0.15) is 0 Å². The standard InChI is InChI=1S/C14H28N2/c1-12(2)13-4-6-14(7-5-13)16-10-8-15(3)9-11-16/h12-14H,4-11H2,1-3H3. The van der Waals surface area contributed by atoms with Gasteiger partial charge in [0.05, 0.1) is 0 Å². The maximum atomic E-state index is 2.75. The Morgan fingerprint density at radius 2 is 1.44 bits per heavy atom. The van der Waals surface area contributed by atoms with E-state index in [1.165, 1.54) is 51.9 Å². The topological polar surface area (TPSA) is 6.48 Å². The van der Waals surface area contributed by atoms with Crippen molar-refractivity contribution in [3.8, 4) is 0 Å². The molecule has 0 aromatic rings. The zero-order chi connectivity index (χ0) is 11.5. The van der Waals surface area contributed by atoms with Gasteiger partial charge in [-0.25, -0.2) is 0 Å². The molecule has 0 radical (unpaired) electrons. The molecule has 0 unspecified atom stereocenters. The summed E-state index contributed by atoms with van der Waals surface area (Å²) >= 11 is 0. The molecule has 16 heavy (non-hydrogen) atoms. The molecular weight excluding hydrogens is 196 g/mol. The Hall–Kier alpha value is -0.0800. The number of hydrogen-bond acceptors (Lipinski definition) is 2. The van der Waals surface area contributed by atoms with Crippen LogP contribution in [0.15, 0.2) is 0 Å². The normalized spacial score (nSPS) is 34.5. The van der Waals surface area contributed by atoms with Crippen LogP contribution in [-0.4, -0.2) is 49.1 Å². The van der Waals surface area contributed by atoms with Crippen LogP contribution in [0.3, 0.4) is 0 Å². The molecule has 0 bridgehead atoms. The van der Waals surface area contributed by atoms with Crippen molar-refractivity contribution in [3.63, 3.8) is 0 Å². The van der Waals surface area contributed by atoms with Crippen molar-refractivity contribution in [2.45, 2.75) is 45.6 Å². The van der Waals surface area contributed by atoms with Crippen molar-refractivity contribution < 1.29 is 0 Å². The summed E-state index contributed by atoms with van der Waals surface area (Å²) in [7, 11) is 2.24. The minimum absolute atomic E-state index is 0.897. The zero-order valence-electron chi connectivity index (χ0n) is 11.3. The van der Waals surface area contributed by atoms with Crippen molar-refractivity contribution >= 4 is 0 Å². The van der Waals surface area contributed by atoms with Gasteiger partial charge in [-0.3, -0.25) is 4.90 Å². The average Bonchev–Trinajstić information content (AvgIpc) is 2.30. The third-order valence-corrected chi connectivity index (χ3v) is 4.74. The molecule has 0 spiro atoms. The summed E-state index contributed by atoms with van der Waals surface area (Å²) in [6.07, 6.45) is 5.84. The largest absolute Gasteiger partial charge is 0.304 e. The molecule has 1 aliphatic heterocycles. The van der Waals surface area contributed by atoms with Crippen molar-refractivity contribution in [2.24, 2.45) is 11.8 Å². The van der Waals surface area contributed by atoms with Gasteiger partial charge in [0.15, 0.2) is 0 Å². The second-order valence-electron chi connectivity index (χ2n) is 6.15. The highest BCUT2D eigenvalue weighted by Crippen LogP contribution is 2.32. The Kier molecular flexibility index (Phi) is 4.26. The molecule has 2 aliphatic rings. The number of piperazine rings is 1. The van der Waals surface area contributed by atoms with E-state index in [2.05, 4.69) is 30.7 Å². The predicted molar refractivity (Wildman–Crippen MR) is 69.7 cm³/mol. The van der Waals surface area contributed by atoms with Crippen LogP contribution in [-0.2, 0) is 0 Å². The summed E-state index contributed by atoms with van der Waals surface area (Å²) in [5.74, 6) is 1.90. The third kappa shape index (κ3) is 2.98. The first-order valence-electron chi connectivity index (χ1n) is 7.09. The lowest BCUT2D eigenvalue weighted by Crippen LogP contribution is -2.50. The molecule has 0 atom stereocenters. The van der Waals surface area contributed by atoms with Gasteiger partial charge in [-0.15, -0.1) is 0 Å². The molecular formula is C14H28N2. The summed E-state index contributed by atoms with van der Waals surface area (Å²) in [5.41, 5.74) is 0. The van der Waals surface area contributed by atoms with Crippen molar-refractivity contribution in [3.05, 3.63) is 0 Å². The van der Waals surface area contributed by atoms with E-state index in [1.807, 2.05) is 0 Å². The Balaban J connectivity index is 1.76. The lowest BCUT2D eigenvalue weighted by atomic mass is 9.79. The van der Waals surface area contributed by atoms with E-state index in [1.54, 1.807) is 0 Å². The molecule has 0 aromatic heterocycles. The van der Waals surface area contributed by atoms with Gasteiger partial charge in [-0.05, 0) is 44.6 Å². The first kappa shape index (κ1) is 12.4. The monoisotopic (exact) mass is 224 g/mol. The van der Waals surface area contributed by atoms with Gasteiger partial charge < -0.3 is 4.90 Å². The van der Waals surface area contributed by atoms with Gasteiger partial charge in [0.25, 0.3) is 0 Å². The molecule has 2 rings (SSSR count). The molecule has 94 valence electrons. The van der Waals surface area contributed by atoms with Gasteiger partial charge in [0.1, 0.15) is 0 Å². The van der Waals surface area contributed by atoms with Gasteiger partial charge in [0.2, 0.25) is 0 Å². The number of hydrogen-bond donors (Lipinski definition) is 0. The Morgan fingerprint density at radius 1 is 0.875 bits per heavy atom. The molecule has 1 aliphatic carbocycles. The number of nitrogens with zero attached hydrogens (tertiary/aromatic N) is 2. The summed E-state index contributed by atoms with van der Waals surface area (Å²) in [4.78, 5) is 5.20. The van der Waals surface area contributed by atoms with Crippen molar-refractivity contribution in [1.29, 1.82) is 0 Å². The SMILES string of the molecule is CC(C)C1CCC(N2CCN(C)CC2)CC1. The predicted octanol–water partition coefficient (Wildman–Crippen LogP) is 2.45. The van der Waals surface area contributed by atoms with Gasteiger partial charge in [-0.1, -0.05) is 13.8 Å². The van der Waals surface area contributed by atoms with Crippen LogP contribution in [0.2, 0.25) is 0 Å². The first-order chi connectivity index (χ1) is 7.66. The van der Waals surface area contributed by atoms with Crippen LogP contribution in [0.5, 0.6) is 0 Å². The van der Waals surface area contributed by atoms with E-state index in [9.17, 15) is 0 Å². The maximum Gasteiger partial charge on any atom is 0.0113 e. The molecule has 0 N–H and O–H groups in total. The second kappa shape index (κ2) is 5.50. The summed E-state index contributed by atoms with van der Waals surface area (Å²) in [6, 6.07) is 0.906. The molecule has 2 fully saturated rings. The van der Waals surface area contributed by atoms with E-state index in [0.29, 0.717) is 0 Å². The Bertz CT molecular complexity index is 199. The van der Waals surface area contributed by atoms with E-state index >= 15 is 0 Å². The van der Waals surface area contributed by atoms with Crippen LogP contribution in [0.25, 0.3) is 0 Å². The molecule has 1 saturated heterocycles. The Morgan fingerprint density at radius 3 is 1.94 bits per heavy atom. The van der Waals surface area contributed by atoms with E-state index < -0.39 is 0 Å². The zero-order valence-corrected chi connectivity index (χ0v) is 11.3. The van der Waals surface area contributed by atoms with Crippen molar-refractivity contribution in [1.82, 2.24) is 9.80 Å². The lowest BCUT2D eigenvalue weighted by Gasteiger charge is -2.41. The fourth-order valence-corrected chi connectivity index (χ4v) is 3.32. The minimum Gasteiger partial charge on any atom is -0.304 e. The summed E-state index contributed by atoms with van der Waals surface area (Å²) < 4.78 is 0. The highest BCUT2D eigenvalue weighted by atomic mass is 15.3. The fourth-order valence-electron chi connectivity index (χ4n) is 3.32. The smallest absolute Gasteiger partial charge is 0.0113 e. The quantitative estimate of drug-likeness (QED) is 0.711. The van der Waals surface area contributed by atoms with Gasteiger partial charge in [0, 0.05) is 32.2 Å². The molecule has 2 heteroatoms. The second-order valence-corrected chi connectivity index (χ2v) is 6.15. The molecule has 1 heterocycles. The van der Waals surface area contributed by atoms with Gasteiger partial charge >= 0.3 is 0 Å².